The van der Waals surface area contributed by atoms with E-state index in [1.165, 1.54) is 28.8 Å². The molecular formula is C27H28FN3O. The van der Waals surface area contributed by atoms with Gasteiger partial charge in [-0.1, -0.05) is 48.4 Å². The fourth-order valence-corrected chi connectivity index (χ4v) is 5.39. The summed E-state index contributed by atoms with van der Waals surface area (Å²) < 4.78 is 15.3. The van der Waals surface area contributed by atoms with Crippen LogP contribution in [0.15, 0.2) is 71.9 Å². The van der Waals surface area contributed by atoms with Crippen molar-refractivity contribution in [3.05, 3.63) is 94.6 Å². The molecule has 1 aromatic heterocycles. The molecule has 0 spiro atoms. The van der Waals surface area contributed by atoms with Gasteiger partial charge in [0.15, 0.2) is 0 Å². The monoisotopic (exact) mass is 429 g/mol. The molecule has 2 aliphatic rings. The van der Waals surface area contributed by atoms with E-state index in [0.717, 1.165) is 36.2 Å². The molecule has 2 aromatic carbocycles. The SMILES string of the molecule is CCN(Cc1ccccc1)C(=O)[C@@H]1CCC2=C1[C@@H](C)c1cnn(-c3ccc(F)cc3)c1C2. The Hall–Kier alpha value is -3.21. The van der Waals surface area contributed by atoms with Crippen LogP contribution in [0.1, 0.15) is 49.4 Å². The molecular weight excluding hydrogens is 401 g/mol. The number of carbonyl (C=O) groups is 1. The smallest absolute Gasteiger partial charge is 0.230 e. The van der Waals surface area contributed by atoms with Gasteiger partial charge in [0.05, 0.1) is 23.5 Å². The second kappa shape index (κ2) is 8.38. The Labute approximate surface area is 188 Å². The van der Waals surface area contributed by atoms with Gasteiger partial charge in [-0.15, -0.1) is 0 Å². The highest BCUT2D eigenvalue weighted by Crippen LogP contribution is 2.47. The van der Waals surface area contributed by atoms with E-state index >= 15 is 0 Å². The molecule has 4 nitrogen and oxygen atoms in total. The van der Waals surface area contributed by atoms with Gasteiger partial charge in [-0.25, -0.2) is 9.07 Å². The first-order valence-electron chi connectivity index (χ1n) is 11.4. The molecule has 0 saturated carbocycles. The maximum atomic E-state index is 13.6. The number of allylic oxidation sites excluding steroid dienone is 1. The molecule has 164 valence electrons. The van der Waals surface area contributed by atoms with Crippen molar-refractivity contribution in [2.45, 2.75) is 45.6 Å². The number of nitrogens with zero attached hydrogens (tertiary/aromatic N) is 3. The van der Waals surface area contributed by atoms with Crippen molar-refractivity contribution in [2.24, 2.45) is 5.92 Å². The van der Waals surface area contributed by atoms with Gasteiger partial charge in [-0.05, 0) is 49.6 Å². The summed E-state index contributed by atoms with van der Waals surface area (Å²) in [7, 11) is 0. The van der Waals surface area contributed by atoms with Crippen LogP contribution in [0.5, 0.6) is 0 Å². The molecule has 0 bridgehead atoms. The van der Waals surface area contributed by atoms with Crippen molar-refractivity contribution >= 4 is 5.91 Å². The van der Waals surface area contributed by atoms with Crippen LogP contribution in [0.25, 0.3) is 5.69 Å². The van der Waals surface area contributed by atoms with Crippen LogP contribution < -0.4 is 0 Å². The lowest BCUT2D eigenvalue weighted by atomic mass is 9.79. The summed E-state index contributed by atoms with van der Waals surface area (Å²) >= 11 is 0. The van der Waals surface area contributed by atoms with Gasteiger partial charge < -0.3 is 4.90 Å². The van der Waals surface area contributed by atoms with Crippen LogP contribution in [-0.2, 0) is 17.8 Å². The van der Waals surface area contributed by atoms with E-state index in [2.05, 4.69) is 31.1 Å². The second-order valence-corrected chi connectivity index (χ2v) is 8.82. The lowest BCUT2D eigenvalue weighted by Crippen LogP contribution is -2.36. The van der Waals surface area contributed by atoms with E-state index in [1.54, 1.807) is 12.1 Å². The molecule has 0 unspecified atom stereocenters. The Balaban J connectivity index is 1.41. The highest BCUT2D eigenvalue weighted by molar-refractivity contribution is 5.83. The second-order valence-electron chi connectivity index (χ2n) is 8.82. The topological polar surface area (TPSA) is 38.1 Å². The number of carbonyl (C=O) groups excluding carboxylic acids is 1. The molecule has 1 heterocycles. The summed E-state index contributed by atoms with van der Waals surface area (Å²) in [6, 6.07) is 16.7. The van der Waals surface area contributed by atoms with E-state index < -0.39 is 0 Å². The minimum Gasteiger partial charge on any atom is -0.338 e. The number of hydrogen-bond acceptors (Lipinski definition) is 2. The van der Waals surface area contributed by atoms with Gasteiger partial charge in [0, 0.05) is 31.0 Å². The molecule has 0 saturated heterocycles. The zero-order valence-electron chi connectivity index (χ0n) is 18.6. The first-order valence-corrected chi connectivity index (χ1v) is 11.4. The molecule has 32 heavy (non-hydrogen) atoms. The highest BCUT2D eigenvalue weighted by atomic mass is 19.1. The molecule has 3 aromatic rings. The fourth-order valence-electron chi connectivity index (χ4n) is 5.39. The molecule has 0 fully saturated rings. The molecule has 1 amide bonds. The maximum Gasteiger partial charge on any atom is 0.230 e. The minimum absolute atomic E-state index is 0.0500. The lowest BCUT2D eigenvalue weighted by Gasteiger charge is -2.30. The van der Waals surface area contributed by atoms with Crippen LogP contribution in [0.3, 0.4) is 0 Å². The van der Waals surface area contributed by atoms with Crippen molar-refractivity contribution in [3.63, 3.8) is 0 Å². The Morgan fingerprint density at radius 2 is 1.91 bits per heavy atom. The van der Waals surface area contributed by atoms with Gasteiger partial charge in [0.25, 0.3) is 0 Å². The molecule has 2 atom stereocenters. The molecule has 2 aliphatic carbocycles. The van der Waals surface area contributed by atoms with Gasteiger partial charge in [0.2, 0.25) is 5.91 Å². The molecule has 5 heteroatoms. The number of aromatic nitrogens is 2. The zero-order chi connectivity index (χ0) is 22.2. The van der Waals surface area contributed by atoms with E-state index in [9.17, 15) is 9.18 Å². The predicted molar refractivity (Wildman–Crippen MR) is 123 cm³/mol. The maximum absolute atomic E-state index is 13.6. The fraction of sp³-hybridized carbons (Fsp3) is 0.333. The van der Waals surface area contributed by atoms with E-state index in [-0.39, 0.29) is 23.6 Å². The van der Waals surface area contributed by atoms with E-state index in [1.807, 2.05) is 34.0 Å². The summed E-state index contributed by atoms with van der Waals surface area (Å²) in [6.07, 6.45) is 4.57. The van der Waals surface area contributed by atoms with Crippen LogP contribution in [0.4, 0.5) is 4.39 Å². The van der Waals surface area contributed by atoms with Crippen molar-refractivity contribution < 1.29 is 9.18 Å². The van der Waals surface area contributed by atoms with E-state index in [0.29, 0.717) is 13.1 Å². The Bertz CT molecular complexity index is 1160. The number of hydrogen-bond donors (Lipinski definition) is 0. The lowest BCUT2D eigenvalue weighted by molar-refractivity contribution is -0.134. The van der Waals surface area contributed by atoms with Gasteiger partial charge in [-0.2, -0.15) is 5.10 Å². The third-order valence-electron chi connectivity index (χ3n) is 7.01. The number of fused-ring (bicyclic) bond motifs is 1. The van der Waals surface area contributed by atoms with Crippen LogP contribution in [-0.4, -0.2) is 27.1 Å². The number of rotatable bonds is 5. The standard InChI is InChI=1S/C27H28FN3O/c1-3-30(17-19-7-5-4-6-8-19)27(32)23-14-9-20-15-25-24(18(2)26(20)23)16-29-31(25)22-12-10-21(28)11-13-22/h4-8,10-13,16,18,23H,3,9,14-15,17H2,1-2H3/t18-,23+/m0/s1. The first kappa shape index (κ1) is 20.7. The van der Waals surface area contributed by atoms with Crippen molar-refractivity contribution in [1.82, 2.24) is 14.7 Å². The Kier molecular flexibility index (Phi) is 5.41. The summed E-state index contributed by atoms with van der Waals surface area (Å²) in [4.78, 5) is 15.6. The van der Waals surface area contributed by atoms with Crippen LogP contribution in [0, 0.1) is 11.7 Å². The first-order chi connectivity index (χ1) is 15.6. The van der Waals surface area contributed by atoms with Gasteiger partial charge in [-0.3, -0.25) is 4.79 Å². The largest absolute Gasteiger partial charge is 0.338 e. The Morgan fingerprint density at radius 1 is 1.16 bits per heavy atom. The Morgan fingerprint density at radius 3 is 2.62 bits per heavy atom. The van der Waals surface area contributed by atoms with Gasteiger partial charge in [0.1, 0.15) is 5.82 Å². The summed E-state index contributed by atoms with van der Waals surface area (Å²) in [5.74, 6) is 0.102. The normalized spacial score (nSPS) is 19.6. The summed E-state index contributed by atoms with van der Waals surface area (Å²) in [5, 5.41) is 4.62. The molecule has 5 rings (SSSR count). The number of benzene rings is 2. The zero-order valence-corrected chi connectivity index (χ0v) is 18.6. The third kappa shape index (κ3) is 3.56. The van der Waals surface area contributed by atoms with Crippen LogP contribution >= 0.6 is 0 Å². The molecule has 0 aliphatic heterocycles. The number of amides is 1. The third-order valence-corrected chi connectivity index (χ3v) is 7.01. The number of halogens is 1. The minimum atomic E-state index is -0.249. The average Bonchev–Trinajstić information content (AvgIpc) is 3.43. The van der Waals surface area contributed by atoms with Crippen molar-refractivity contribution in [2.75, 3.05) is 6.54 Å². The summed E-state index contributed by atoms with van der Waals surface area (Å²) in [5.41, 5.74) is 7.05. The molecule has 0 radical (unpaired) electrons. The van der Waals surface area contributed by atoms with Crippen molar-refractivity contribution in [3.8, 4) is 5.69 Å². The summed E-state index contributed by atoms with van der Waals surface area (Å²) in [6.45, 7) is 5.61. The highest BCUT2D eigenvalue weighted by Gasteiger charge is 2.40. The average molecular weight is 430 g/mol. The van der Waals surface area contributed by atoms with E-state index in [4.69, 9.17) is 0 Å². The van der Waals surface area contributed by atoms with Crippen LogP contribution in [0.2, 0.25) is 0 Å². The van der Waals surface area contributed by atoms with Crippen molar-refractivity contribution in [1.29, 1.82) is 0 Å². The predicted octanol–water partition coefficient (Wildman–Crippen LogP) is 5.43. The van der Waals surface area contributed by atoms with Gasteiger partial charge >= 0.3 is 0 Å². The quantitative estimate of drug-likeness (QED) is 0.508. The molecule has 0 N–H and O–H groups in total.